The van der Waals surface area contributed by atoms with Crippen LogP contribution in [0.15, 0.2) is 10.6 Å². The summed E-state index contributed by atoms with van der Waals surface area (Å²) in [5.74, 6) is -1.10. The molecule has 0 saturated heterocycles. The van der Waals surface area contributed by atoms with E-state index in [0.717, 1.165) is 19.3 Å². The molecule has 1 aromatic heterocycles. The molecule has 1 N–H and O–H groups in total. The first-order valence-corrected chi connectivity index (χ1v) is 7.36. The van der Waals surface area contributed by atoms with Gasteiger partial charge in [0.05, 0.1) is 5.69 Å². The predicted molar refractivity (Wildman–Crippen MR) is 76.1 cm³/mol. The van der Waals surface area contributed by atoms with Crippen molar-refractivity contribution in [3.8, 4) is 0 Å². The summed E-state index contributed by atoms with van der Waals surface area (Å²) in [4.78, 5) is 25.6. The second kappa shape index (κ2) is 5.87. The molecule has 1 saturated carbocycles. The van der Waals surface area contributed by atoms with Crippen LogP contribution in [0.5, 0.6) is 0 Å². The molecule has 1 aliphatic carbocycles. The lowest BCUT2D eigenvalue weighted by molar-refractivity contribution is -0.151. The van der Waals surface area contributed by atoms with Crippen molar-refractivity contribution in [2.45, 2.75) is 57.4 Å². The van der Waals surface area contributed by atoms with E-state index in [1.165, 1.54) is 4.90 Å². The normalized spacial score (nSPS) is 17.7. The van der Waals surface area contributed by atoms with Crippen molar-refractivity contribution in [1.82, 2.24) is 10.1 Å². The summed E-state index contributed by atoms with van der Waals surface area (Å²) in [7, 11) is 1.54. The van der Waals surface area contributed by atoms with Crippen molar-refractivity contribution >= 4 is 11.9 Å². The van der Waals surface area contributed by atoms with Crippen molar-refractivity contribution in [2.75, 3.05) is 7.05 Å². The zero-order chi connectivity index (χ0) is 15.6. The summed E-state index contributed by atoms with van der Waals surface area (Å²) in [6.45, 7) is 3.91. The van der Waals surface area contributed by atoms with E-state index in [1.54, 1.807) is 13.1 Å². The Morgan fingerprint density at radius 2 is 1.95 bits per heavy atom. The minimum absolute atomic E-state index is 0.104. The highest BCUT2D eigenvalue weighted by Crippen LogP contribution is 2.34. The summed E-state index contributed by atoms with van der Waals surface area (Å²) < 4.78 is 5.09. The highest BCUT2D eigenvalue weighted by atomic mass is 16.5. The highest BCUT2D eigenvalue weighted by Gasteiger charge is 2.46. The van der Waals surface area contributed by atoms with Crippen LogP contribution >= 0.6 is 0 Å². The maximum atomic E-state index is 12.5. The Morgan fingerprint density at radius 1 is 1.33 bits per heavy atom. The highest BCUT2D eigenvalue weighted by molar-refractivity contribution is 5.95. The Morgan fingerprint density at radius 3 is 2.43 bits per heavy atom. The van der Waals surface area contributed by atoms with Gasteiger partial charge >= 0.3 is 5.97 Å². The lowest BCUT2D eigenvalue weighted by Gasteiger charge is -2.40. The summed E-state index contributed by atoms with van der Waals surface area (Å²) in [5.41, 5.74) is -0.431. The number of carboxylic acid groups (broad SMARTS) is 1. The fourth-order valence-corrected chi connectivity index (χ4v) is 2.85. The van der Waals surface area contributed by atoms with E-state index in [-0.39, 0.29) is 11.7 Å². The fourth-order valence-electron chi connectivity index (χ4n) is 2.85. The molecule has 6 heteroatoms. The number of likely N-dealkylation sites (N-methyl/N-ethyl adjacent to an activating group) is 1. The molecule has 0 aliphatic heterocycles. The van der Waals surface area contributed by atoms with Crippen LogP contribution in [-0.4, -0.2) is 39.6 Å². The first-order valence-electron chi connectivity index (χ1n) is 7.36. The molecular weight excluding hydrogens is 272 g/mol. The number of aromatic nitrogens is 1. The average Bonchev–Trinajstić information content (AvgIpc) is 2.96. The van der Waals surface area contributed by atoms with E-state index in [9.17, 15) is 14.7 Å². The third kappa shape index (κ3) is 2.80. The third-order valence-electron chi connectivity index (χ3n) is 4.36. The standard InChI is InChI=1S/C15H22N2O4/c1-10(2)11-9-12(21-16-11)13(18)17(3)15(14(19)20)7-5-4-6-8-15/h9-10H,4-8H2,1-3H3,(H,19,20). The van der Waals surface area contributed by atoms with Gasteiger partial charge < -0.3 is 14.5 Å². The van der Waals surface area contributed by atoms with Crippen molar-refractivity contribution < 1.29 is 19.2 Å². The smallest absolute Gasteiger partial charge is 0.329 e. The average molecular weight is 294 g/mol. The van der Waals surface area contributed by atoms with E-state index >= 15 is 0 Å². The molecule has 0 bridgehead atoms. The van der Waals surface area contributed by atoms with Gasteiger partial charge in [0.1, 0.15) is 5.54 Å². The largest absolute Gasteiger partial charge is 0.479 e. The van der Waals surface area contributed by atoms with Crippen LogP contribution in [0.4, 0.5) is 0 Å². The fraction of sp³-hybridized carbons (Fsp3) is 0.667. The number of hydrogen-bond donors (Lipinski definition) is 1. The molecule has 116 valence electrons. The molecule has 1 heterocycles. The van der Waals surface area contributed by atoms with Crippen molar-refractivity contribution in [3.63, 3.8) is 0 Å². The zero-order valence-electron chi connectivity index (χ0n) is 12.8. The summed E-state index contributed by atoms with van der Waals surface area (Å²) in [6.07, 6.45) is 3.61. The molecule has 0 spiro atoms. The Bertz CT molecular complexity index is 530. The number of aliphatic carboxylic acids is 1. The minimum Gasteiger partial charge on any atom is -0.479 e. The van der Waals surface area contributed by atoms with Gasteiger partial charge in [-0.25, -0.2) is 4.79 Å². The van der Waals surface area contributed by atoms with Gasteiger partial charge in [0.15, 0.2) is 0 Å². The summed E-state index contributed by atoms with van der Waals surface area (Å²) in [6, 6.07) is 1.60. The molecule has 0 unspecified atom stereocenters. The van der Waals surface area contributed by atoms with Gasteiger partial charge in [-0.3, -0.25) is 4.79 Å². The van der Waals surface area contributed by atoms with E-state index in [0.29, 0.717) is 18.5 Å². The first kappa shape index (κ1) is 15.5. The van der Waals surface area contributed by atoms with Crippen LogP contribution < -0.4 is 0 Å². The molecule has 0 radical (unpaired) electrons. The number of hydrogen-bond acceptors (Lipinski definition) is 4. The maximum absolute atomic E-state index is 12.5. The Balaban J connectivity index is 2.25. The second-order valence-electron chi connectivity index (χ2n) is 6.03. The van der Waals surface area contributed by atoms with Gasteiger partial charge in [-0.2, -0.15) is 0 Å². The SMILES string of the molecule is CC(C)c1cc(C(=O)N(C)C2(C(=O)O)CCCCC2)on1. The minimum atomic E-state index is -1.12. The maximum Gasteiger partial charge on any atom is 0.329 e. The lowest BCUT2D eigenvalue weighted by atomic mass is 9.80. The van der Waals surface area contributed by atoms with Crippen molar-refractivity contribution in [3.05, 3.63) is 17.5 Å². The Hall–Kier alpha value is -1.85. The van der Waals surface area contributed by atoms with E-state index in [4.69, 9.17) is 4.52 Å². The van der Waals surface area contributed by atoms with Gasteiger partial charge in [0.25, 0.3) is 5.91 Å². The summed E-state index contributed by atoms with van der Waals surface area (Å²) in [5, 5.41) is 13.5. The van der Waals surface area contributed by atoms with Gasteiger partial charge in [-0.05, 0) is 18.8 Å². The number of carboxylic acids is 1. The van der Waals surface area contributed by atoms with Crippen LogP contribution in [0, 0.1) is 0 Å². The zero-order valence-corrected chi connectivity index (χ0v) is 12.8. The molecular formula is C15H22N2O4. The molecule has 1 fully saturated rings. The number of carbonyl (C=O) groups is 2. The third-order valence-corrected chi connectivity index (χ3v) is 4.36. The van der Waals surface area contributed by atoms with Gasteiger partial charge in [-0.15, -0.1) is 0 Å². The number of amides is 1. The number of rotatable bonds is 4. The molecule has 1 aromatic rings. The Kier molecular flexibility index (Phi) is 4.34. The number of nitrogens with zero attached hydrogens (tertiary/aromatic N) is 2. The molecule has 21 heavy (non-hydrogen) atoms. The van der Waals surface area contributed by atoms with E-state index in [2.05, 4.69) is 5.16 Å². The van der Waals surface area contributed by atoms with E-state index in [1.807, 2.05) is 13.8 Å². The predicted octanol–water partition coefficient (Wildman–Crippen LogP) is 2.66. The summed E-state index contributed by atoms with van der Waals surface area (Å²) >= 11 is 0. The first-order chi connectivity index (χ1) is 9.88. The molecule has 1 aliphatic rings. The second-order valence-corrected chi connectivity index (χ2v) is 6.03. The van der Waals surface area contributed by atoms with Crippen LogP contribution in [-0.2, 0) is 4.79 Å². The molecule has 1 amide bonds. The Labute approximate surface area is 124 Å². The van der Waals surface area contributed by atoms with Crippen LogP contribution in [0.2, 0.25) is 0 Å². The van der Waals surface area contributed by atoms with Crippen LogP contribution in [0.3, 0.4) is 0 Å². The van der Waals surface area contributed by atoms with Crippen LogP contribution in [0.1, 0.15) is 68.1 Å². The topological polar surface area (TPSA) is 83.6 Å². The van der Waals surface area contributed by atoms with Crippen LogP contribution in [0.25, 0.3) is 0 Å². The number of carbonyl (C=O) groups excluding carboxylic acids is 1. The quantitative estimate of drug-likeness (QED) is 0.923. The molecule has 0 aromatic carbocycles. The van der Waals surface area contributed by atoms with Gasteiger partial charge in [-0.1, -0.05) is 38.3 Å². The van der Waals surface area contributed by atoms with Crippen molar-refractivity contribution in [2.24, 2.45) is 0 Å². The van der Waals surface area contributed by atoms with Gasteiger partial charge in [0, 0.05) is 13.1 Å². The monoisotopic (exact) mass is 294 g/mol. The molecule has 2 rings (SSSR count). The molecule has 6 nitrogen and oxygen atoms in total. The lowest BCUT2D eigenvalue weighted by Crippen LogP contribution is -2.56. The van der Waals surface area contributed by atoms with E-state index < -0.39 is 17.4 Å². The van der Waals surface area contributed by atoms with Gasteiger partial charge in [0.2, 0.25) is 5.76 Å². The molecule has 0 atom stereocenters. The van der Waals surface area contributed by atoms with Crippen molar-refractivity contribution in [1.29, 1.82) is 0 Å².